The highest BCUT2D eigenvalue weighted by Crippen LogP contribution is 2.40. The Bertz CT molecular complexity index is 452. The van der Waals surface area contributed by atoms with Crippen LogP contribution in [0.5, 0.6) is 0 Å². The normalized spacial score (nSPS) is 29.9. The SMILES string of the molecule is CC1(C)CCC(NC2CC(c3ccccc3F)C2)CC1. The highest BCUT2D eigenvalue weighted by molar-refractivity contribution is 5.24. The van der Waals surface area contributed by atoms with Crippen LogP contribution in [0, 0.1) is 11.2 Å². The number of rotatable bonds is 3. The average Bonchev–Trinajstić information content (AvgIpc) is 2.36. The molecule has 20 heavy (non-hydrogen) atoms. The van der Waals surface area contributed by atoms with E-state index in [0.29, 0.717) is 23.4 Å². The van der Waals surface area contributed by atoms with Gasteiger partial charge in [0.1, 0.15) is 5.82 Å². The average molecular weight is 275 g/mol. The van der Waals surface area contributed by atoms with Crippen molar-refractivity contribution in [1.82, 2.24) is 5.32 Å². The van der Waals surface area contributed by atoms with Crippen molar-refractivity contribution in [2.45, 2.75) is 70.4 Å². The Morgan fingerprint density at radius 2 is 1.70 bits per heavy atom. The summed E-state index contributed by atoms with van der Waals surface area (Å²) in [5.41, 5.74) is 1.45. The molecule has 1 aromatic rings. The Labute approximate surface area is 122 Å². The third-order valence-corrected chi connectivity index (χ3v) is 5.29. The van der Waals surface area contributed by atoms with Crippen molar-refractivity contribution >= 4 is 0 Å². The van der Waals surface area contributed by atoms with Gasteiger partial charge in [0.2, 0.25) is 0 Å². The van der Waals surface area contributed by atoms with Crippen LogP contribution in [-0.4, -0.2) is 12.1 Å². The van der Waals surface area contributed by atoms with E-state index >= 15 is 0 Å². The molecule has 2 saturated carbocycles. The van der Waals surface area contributed by atoms with Gasteiger partial charge in [-0.05, 0) is 61.5 Å². The Kier molecular flexibility index (Phi) is 3.85. The van der Waals surface area contributed by atoms with Crippen LogP contribution in [0.25, 0.3) is 0 Å². The topological polar surface area (TPSA) is 12.0 Å². The molecule has 0 amide bonds. The Hall–Kier alpha value is -0.890. The van der Waals surface area contributed by atoms with Gasteiger partial charge in [-0.3, -0.25) is 0 Å². The van der Waals surface area contributed by atoms with E-state index in [2.05, 4.69) is 19.2 Å². The van der Waals surface area contributed by atoms with Gasteiger partial charge >= 0.3 is 0 Å². The van der Waals surface area contributed by atoms with Gasteiger partial charge in [-0.15, -0.1) is 0 Å². The van der Waals surface area contributed by atoms with Gasteiger partial charge in [0.05, 0.1) is 0 Å². The molecule has 0 heterocycles. The van der Waals surface area contributed by atoms with E-state index in [4.69, 9.17) is 0 Å². The lowest BCUT2D eigenvalue weighted by atomic mass is 9.73. The quantitative estimate of drug-likeness (QED) is 0.848. The molecule has 2 aliphatic rings. The molecular formula is C18H26FN. The second-order valence-electron chi connectivity index (χ2n) is 7.49. The first kappa shape index (κ1) is 14.1. The molecule has 0 aliphatic heterocycles. The molecule has 110 valence electrons. The van der Waals surface area contributed by atoms with Crippen molar-refractivity contribution in [2.24, 2.45) is 5.41 Å². The summed E-state index contributed by atoms with van der Waals surface area (Å²) in [6.45, 7) is 4.75. The van der Waals surface area contributed by atoms with Crippen LogP contribution in [0.4, 0.5) is 4.39 Å². The molecule has 2 heteroatoms. The number of hydrogen-bond acceptors (Lipinski definition) is 1. The predicted octanol–water partition coefficient (Wildman–Crippen LogP) is 4.63. The van der Waals surface area contributed by atoms with E-state index in [0.717, 1.165) is 18.4 Å². The van der Waals surface area contributed by atoms with Gasteiger partial charge in [-0.2, -0.15) is 0 Å². The van der Waals surface area contributed by atoms with Gasteiger partial charge in [0.25, 0.3) is 0 Å². The maximum Gasteiger partial charge on any atom is 0.126 e. The minimum absolute atomic E-state index is 0.0321. The van der Waals surface area contributed by atoms with Crippen LogP contribution in [0.15, 0.2) is 24.3 Å². The van der Waals surface area contributed by atoms with Crippen molar-refractivity contribution in [1.29, 1.82) is 0 Å². The lowest BCUT2D eigenvalue weighted by Crippen LogP contribution is -2.47. The Morgan fingerprint density at radius 1 is 1.05 bits per heavy atom. The fraction of sp³-hybridized carbons (Fsp3) is 0.667. The summed E-state index contributed by atoms with van der Waals surface area (Å²) in [5.74, 6) is 0.393. The van der Waals surface area contributed by atoms with Crippen LogP contribution < -0.4 is 5.32 Å². The zero-order valence-corrected chi connectivity index (χ0v) is 12.7. The van der Waals surface area contributed by atoms with E-state index in [1.807, 2.05) is 12.1 Å². The van der Waals surface area contributed by atoms with Gasteiger partial charge < -0.3 is 5.32 Å². The number of halogens is 1. The van der Waals surface area contributed by atoms with E-state index in [-0.39, 0.29) is 5.82 Å². The molecule has 1 aromatic carbocycles. The molecule has 0 unspecified atom stereocenters. The molecule has 1 nitrogen and oxygen atoms in total. The molecule has 1 N–H and O–H groups in total. The van der Waals surface area contributed by atoms with Crippen LogP contribution in [0.2, 0.25) is 0 Å². The van der Waals surface area contributed by atoms with Crippen molar-refractivity contribution in [3.8, 4) is 0 Å². The molecule has 0 saturated heterocycles. The largest absolute Gasteiger partial charge is 0.311 e. The van der Waals surface area contributed by atoms with Crippen molar-refractivity contribution in [2.75, 3.05) is 0 Å². The predicted molar refractivity (Wildman–Crippen MR) is 81.3 cm³/mol. The third kappa shape index (κ3) is 3.06. The molecule has 2 aliphatic carbocycles. The molecule has 2 fully saturated rings. The van der Waals surface area contributed by atoms with Gasteiger partial charge in [-0.25, -0.2) is 4.39 Å². The smallest absolute Gasteiger partial charge is 0.126 e. The highest BCUT2D eigenvalue weighted by atomic mass is 19.1. The molecule has 0 radical (unpaired) electrons. The molecular weight excluding hydrogens is 249 g/mol. The van der Waals surface area contributed by atoms with Crippen LogP contribution in [0.1, 0.15) is 63.9 Å². The summed E-state index contributed by atoms with van der Waals surface area (Å²) in [6, 6.07) is 8.54. The van der Waals surface area contributed by atoms with Crippen LogP contribution >= 0.6 is 0 Å². The number of nitrogens with one attached hydrogen (secondary N) is 1. The van der Waals surface area contributed by atoms with E-state index in [1.165, 1.54) is 25.7 Å². The Balaban J connectivity index is 1.46. The van der Waals surface area contributed by atoms with Crippen molar-refractivity contribution in [3.05, 3.63) is 35.6 Å². The zero-order valence-electron chi connectivity index (χ0n) is 12.7. The van der Waals surface area contributed by atoms with Crippen LogP contribution in [0.3, 0.4) is 0 Å². The second-order valence-corrected chi connectivity index (χ2v) is 7.49. The van der Waals surface area contributed by atoms with Gasteiger partial charge in [0, 0.05) is 12.1 Å². The molecule has 0 atom stereocenters. The summed E-state index contributed by atoms with van der Waals surface area (Å²) in [4.78, 5) is 0. The first-order valence-corrected chi connectivity index (χ1v) is 8.04. The van der Waals surface area contributed by atoms with E-state index in [1.54, 1.807) is 12.1 Å². The summed E-state index contributed by atoms with van der Waals surface area (Å²) in [5, 5.41) is 3.79. The number of benzene rings is 1. The molecule has 0 spiro atoms. The second kappa shape index (κ2) is 5.48. The fourth-order valence-corrected chi connectivity index (χ4v) is 3.71. The summed E-state index contributed by atoms with van der Waals surface area (Å²) >= 11 is 0. The molecule has 3 rings (SSSR count). The molecule has 0 aromatic heterocycles. The lowest BCUT2D eigenvalue weighted by Gasteiger charge is -2.42. The maximum absolute atomic E-state index is 13.7. The highest BCUT2D eigenvalue weighted by Gasteiger charge is 2.34. The summed E-state index contributed by atoms with van der Waals surface area (Å²) in [7, 11) is 0. The summed E-state index contributed by atoms with van der Waals surface area (Å²) in [6.07, 6.45) is 7.45. The van der Waals surface area contributed by atoms with Crippen molar-refractivity contribution in [3.63, 3.8) is 0 Å². The lowest BCUT2D eigenvalue weighted by molar-refractivity contribution is 0.173. The summed E-state index contributed by atoms with van der Waals surface area (Å²) < 4.78 is 13.7. The van der Waals surface area contributed by atoms with E-state index < -0.39 is 0 Å². The fourth-order valence-electron chi connectivity index (χ4n) is 3.71. The van der Waals surface area contributed by atoms with Crippen molar-refractivity contribution < 1.29 is 4.39 Å². The first-order chi connectivity index (χ1) is 9.53. The monoisotopic (exact) mass is 275 g/mol. The van der Waals surface area contributed by atoms with Gasteiger partial charge in [0.15, 0.2) is 0 Å². The van der Waals surface area contributed by atoms with Crippen LogP contribution in [-0.2, 0) is 0 Å². The van der Waals surface area contributed by atoms with E-state index in [9.17, 15) is 4.39 Å². The minimum Gasteiger partial charge on any atom is -0.311 e. The third-order valence-electron chi connectivity index (χ3n) is 5.29. The minimum atomic E-state index is -0.0321. The zero-order chi connectivity index (χ0) is 14.2. The standard InChI is InChI=1S/C18H26FN/c1-18(2)9-7-14(8-10-18)20-15-11-13(12-15)16-5-3-4-6-17(16)19/h3-6,13-15,20H,7-12H2,1-2H3. The number of hydrogen-bond donors (Lipinski definition) is 1. The first-order valence-electron chi connectivity index (χ1n) is 8.04. The van der Waals surface area contributed by atoms with Gasteiger partial charge in [-0.1, -0.05) is 32.0 Å². The maximum atomic E-state index is 13.7. The Morgan fingerprint density at radius 3 is 2.35 bits per heavy atom. The molecule has 0 bridgehead atoms.